The van der Waals surface area contributed by atoms with Crippen LogP contribution in [-0.4, -0.2) is 20.5 Å². The molecule has 0 saturated heterocycles. The van der Waals surface area contributed by atoms with Crippen molar-refractivity contribution in [3.8, 4) is 5.75 Å². The summed E-state index contributed by atoms with van der Waals surface area (Å²) in [5.41, 5.74) is 5.96. The molecule has 0 spiro atoms. The van der Waals surface area contributed by atoms with Crippen LogP contribution < -0.4 is 14.9 Å². The molecule has 2 N–H and O–H groups in total. The fraction of sp³-hybridized carbons (Fsp3) is 0.118. The van der Waals surface area contributed by atoms with Crippen LogP contribution in [0, 0.1) is 6.92 Å². The summed E-state index contributed by atoms with van der Waals surface area (Å²) in [6.45, 7) is 2.30. The summed E-state index contributed by atoms with van der Waals surface area (Å²) in [6.07, 6.45) is 1.38. The highest BCUT2D eigenvalue weighted by Gasteiger charge is 2.23. The normalized spacial score (nSPS) is 12.3. The molecule has 5 aromatic rings. The summed E-state index contributed by atoms with van der Waals surface area (Å²) in [4.78, 5) is 13.0. The first-order valence-corrected chi connectivity index (χ1v) is 15.9. The van der Waals surface area contributed by atoms with Gasteiger partial charge in [0.2, 0.25) is 15.9 Å². The minimum absolute atomic E-state index is 0.132. The predicted molar refractivity (Wildman–Crippen MR) is 173 cm³/mol. The van der Waals surface area contributed by atoms with E-state index < -0.39 is 22.0 Å². The van der Waals surface area contributed by atoms with Gasteiger partial charge in [0, 0.05) is 6.42 Å². The van der Waals surface area contributed by atoms with Crippen molar-refractivity contribution in [2.45, 2.75) is 30.9 Å². The molecule has 0 aromatic heterocycles. The highest BCUT2D eigenvalue weighted by Crippen LogP contribution is 2.28. The minimum atomic E-state index is -3.86. The van der Waals surface area contributed by atoms with Crippen LogP contribution in [0.5, 0.6) is 5.75 Å². The molecule has 0 saturated carbocycles. The van der Waals surface area contributed by atoms with Crippen LogP contribution in [0.1, 0.15) is 34.7 Å². The number of halogens is 1. The summed E-state index contributed by atoms with van der Waals surface area (Å²) < 4.78 is 35.6. The third-order valence-electron chi connectivity index (χ3n) is 6.84. The maximum Gasteiger partial charge on any atom is 0.242 e. The van der Waals surface area contributed by atoms with Gasteiger partial charge in [-0.25, -0.2) is 18.6 Å². The number of hydrogen-bond donors (Lipinski definition) is 2. The molecular weight excluding hydrogens is 626 g/mol. The van der Waals surface area contributed by atoms with Crippen LogP contribution in [0.2, 0.25) is 0 Å². The highest BCUT2D eigenvalue weighted by atomic mass is 79.9. The van der Waals surface area contributed by atoms with Gasteiger partial charge < -0.3 is 4.74 Å². The van der Waals surface area contributed by atoms with E-state index >= 15 is 0 Å². The fourth-order valence-electron chi connectivity index (χ4n) is 4.58. The molecule has 0 fully saturated rings. The van der Waals surface area contributed by atoms with Gasteiger partial charge in [0.05, 0.1) is 21.6 Å². The number of carbonyl (C=O) groups excluding carboxylic acids is 1. The molecular formula is C34H30BrN3O4S. The second-order valence-electron chi connectivity index (χ2n) is 10.0. The van der Waals surface area contributed by atoms with Crippen LogP contribution in [0.25, 0.3) is 10.8 Å². The first kappa shape index (κ1) is 30.2. The van der Waals surface area contributed by atoms with Crippen molar-refractivity contribution in [3.63, 3.8) is 0 Å². The summed E-state index contributed by atoms with van der Waals surface area (Å²) in [5, 5.41) is 6.40. The fourth-order valence-corrected chi connectivity index (χ4v) is 6.32. The van der Waals surface area contributed by atoms with Crippen molar-refractivity contribution < 1.29 is 17.9 Å². The molecule has 1 amide bonds. The van der Waals surface area contributed by atoms with Gasteiger partial charge in [-0.1, -0.05) is 90.5 Å². The lowest BCUT2D eigenvalue weighted by atomic mass is 10.0. The maximum atomic E-state index is 13.1. The molecule has 7 nitrogen and oxygen atoms in total. The molecule has 0 aliphatic heterocycles. The van der Waals surface area contributed by atoms with Gasteiger partial charge in [-0.3, -0.25) is 4.79 Å². The Bertz CT molecular complexity index is 1860. The van der Waals surface area contributed by atoms with Gasteiger partial charge in [0.1, 0.15) is 12.4 Å². The molecule has 0 radical (unpaired) electrons. The van der Waals surface area contributed by atoms with Crippen LogP contribution in [0.4, 0.5) is 0 Å². The number of amides is 1. The number of rotatable bonds is 11. The van der Waals surface area contributed by atoms with E-state index in [2.05, 4.69) is 55.4 Å². The van der Waals surface area contributed by atoms with Gasteiger partial charge in [-0.2, -0.15) is 5.10 Å². The third kappa shape index (κ3) is 7.95. The summed E-state index contributed by atoms with van der Waals surface area (Å²) in [7, 11) is -3.86. The average Bonchev–Trinajstić information content (AvgIpc) is 3.01. The number of carbonyl (C=O) groups is 1. The predicted octanol–water partition coefficient (Wildman–Crippen LogP) is 7.05. The van der Waals surface area contributed by atoms with Crippen molar-refractivity contribution in [1.29, 1.82) is 0 Å². The Morgan fingerprint density at radius 1 is 0.907 bits per heavy atom. The van der Waals surface area contributed by atoms with Gasteiger partial charge in [0.15, 0.2) is 0 Å². The lowest BCUT2D eigenvalue weighted by Gasteiger charge is -2.18. The number of nitrogens with one attached hydrogen (secondary N) is 2. The van der Waals surface area contributed by atoms with E-state index in [-0.39, 0.29) is 11.3 Å². The van der Waals surface area contributed by atoms with Crippen molar-refractivity contribution in [1.82, 2.24) is 10.1 Å². The SMILES string of the molecule is Cc1ccc(S(=O)(=O)N[C@H](CC(=O)N/N=C\c2ccc(OCc3cccc4ccccc34)c(Br)c2)c2ccccc2)cc1. The number of hydrogen-bond acceptors (Lipinski definition) is 5. The summed E-state index contributed by atoms with van der Waals surface area (Å²) >= 11 is 3.56. The topological polar surface area (TPSA) is 96.9 Å². The molecule has 218 valence electrons. The van der Waals surface area contributed by atoms with Gasteiger partial charge in [-0.05, 0) is 80.6 Å². The molecule has 5 rings (SSSR count). The van der Waals surface area contributed by atoms with E-state index in [0.29, 0.717) is 17.9 Å². The smallest absolute Gasteiger partial charge is 0.242 e. The first-order valence-electron chi connectivity index (χ1n) is 13.6. The number of aryl methyl sites for hydroxylation is 1. The Labute approximate surface area is 259 Å². The molecule has 0 aliphatic rings. The molecule has 43 heavy (non-hydrogen) atoms. The van der Waals surface area contributed by atoms with Crippen LogP contribution in [0.3, 0.4) is 0 Å². The number of nitrogens with zero attached hydrogens (tertiary/aromatic N) is 1. The highest BCUT2D eigenvalue weighted by molar-refractivity contribution is 9.10. The second kappa shape index (κ2) is 13.8. The van der Waals surface area contributed by atoms with Crippen LogP contribution in [-0.2, 0) is 21.4 Å². The number of sulfonamides is 1. The molecule has 9 heteroatoms. The van der Waals surface area contributed by atoms with Crippen molar-refractivity contribution in [3.05, 3.63) is 142 Å². The zero-order chi connectivity index (χ0) is 30.2. The number of benzene rings is 5. The van der Waals surface area contributed by atoms with Gasteiger partial charge in [-0.15, -0.1) is 0 Å². The number of fused-ring (bicyclic) bond motifs is 1. The van der Waals surface area contributed by atoms with E-state index in [1.807, 2.05) is 49.4 Å². The molecule has 0 heterocycles. The maximum absolute atomic E-state index is 13.1. The number of hydrazone groups is 1. The monoisotopic (exact) mass is 655 g/mol. The number of ether oxygens (including phenoxy) is 1. The standard InChI is InChI=1S/C34H30BrN3O4S/c1-24-14-17-29(18-15-24)43(40,41)38-32(27-9-3-2-4-10-27)21-34(39)37-36-22-25-16-19-33(31(35)20-25)42-23-28-12-7-11-26-8-5-6-13-30(26)28/h2-20,22,32,38H,21,23H2,1H3,(H,37,39)/b36-22-/t32-/m1/s1. The molecule has 1 atom stereocenters. The summed E-state index contributed by atoms with van der Waals surface area (Å²) in [5.74, 6) is 0.242. The average molecular weight is 657 g/mol. The first-order chi connectivity index (χ1) is 20.8. The van der Waals surface area contributed by atoms with E-state index in [9.17, 15) is 13.2 Å². The van der Waals surface area contributed by atoms with E-state index in [0.717, 1.165) is 31.9 Å². The van der Waals surface area contributed by atoms with Crippen LogP contribution >= 0.6 is 15.9 Å². The van der Waals surface area contributed by atoms with E-state index in [1.54, 1.807) is 48.5 Å². The van der Waals surface area contributed by atoms with Crippen LogP contribution in [0.15, 0.2) is 130 Å². The Morgan fingerprint density at radius 3 is 2.40 bits per heavy atom. The van der Waals surface area contributed by atoms with E-state index in [1.165, 1.54) is 6.21 Å². The molecule has 0 unspecified atom stereocenters. The lowest BCUT2D eigenvalue weighted by molar-refractivity contribution is -0.121. The quantitative estimate of drug-likeness (QED) is 0.118. The molecule has 0 aliphatic carbocycles. The Hall–Kier alpha value is -4.31. The summed E-state index contributed by atoms with van der Waals surface area (Å²) in [6, 6.07) is 34.6. The van der Waals surface area contributed by atoms with Crippen molar-refractivity contribution in [2.24, 2.45) is 5.10 Å². The largest absolute Gasteiger partial charge is 0.488 e. The Kier molecular flexibility index (Phi) is 9.66. The lowest BCUT2D eigenvalue weighted by Crippen LogP contribution is -2.32. The third-order valence-corrected chi connectivity index (χ3v) is 8.95. The van der Waals surface area contributed by atoms with Gasteiger partial charge in [0.25, 0.3) is 0 Å². The van der Waals surface area contributed by atoms with Gasteiger partial charge >= 0.3 is 0 Å². The zero-order valence-corrected chi connectivity index (χ0v) is 25.8. The molecule has 5 aromatic carbocycles. The Balaban J connectivity index is 1.21. The zero-order valence-electron chi connectivity index (χ0n) is 23.4. The Morgan fingerprint density at radius 2 is 1.63 bits per heavy atom. The van der Waals surface area contributed by atoms with Crippen molar-refractivity contribution in [2.75, 3.05) is 0 Å². The molecule has 0 bridgehead atoms. The minimum Gasteiger partial charge on any atom is -0.488 e. The van der Waals surface area contributed by atoms with E-state index in [4.69, 9.17) is 4.74 Å². The second-order valence-corrected chi connectivity index (χ2v) is 12.6. The van der Waals surface area contributed by atoms with Crippen molar-refractivity contribution >= 4 is 48.8 Å².